The molecule has 0 aliphatic carbocycles. The lowest BCUT2D eigenvalue weighted by Gasteiger charge is -2.09. The van der Waals surface area contributed by atoms with E-state index in [-0.39, 0.29) is 0 Å². The number of hydrogen-bond acceptors (Lipinski definition) is 1. The Balaban J connectivity index is 2.83. The molecule has 0 bridgehead atoms. The van der Waals surface area contributed by atoms with Gasteiger partial charge < -0.3 is 4.74 Å². The average molecular weight is 211 g/mol. The van der Waals surface area contributed by atoms with E-state index in [0.29, 0.717) is 0 Å². The summed E-state index contributed by atoms with van der Waals surface area (Å²) < 4.78 is 5.59. The Morgan fingerprint density at radius 3 is 2.93 bits per heavy atom. The molecule has 0 saturated heterocycles. The van der Waals surface area contributed by atoms with Crippen molar-refractivity contribution in [2.24, 2.45) is 0 Å². The Hall–Kier alpha value is -0.950. The van der Waals surface area contributed by atoms with Crippen molar-refractivity contribution in [2.45, 2.75) is 19.8 Å². The molecule has 0 spiro atoms. The van der Waals surface area contributed by atoms with Crippen LogP contribution in [0.5, 0.6) is 5.75 Å². The van der Waals surface area contributed by atoms with Crippen molar-refractivity contribution in [3.63, 3.8) is 0 Å². The Morgan fingerprint density at radius 2 is 2.29 bits per heavy atom. The molecule has 76 valence electrons. The molecular weight excluding hydrogens is 196 g/mol. The highest BCUT2D eigenvalue weighted by Gasteiger charge is 2.02. The molecule has 0 atom stereocenters. The van der Waals surface area contributed by atoms with Gasteiger partial charge in [0.25, 0.3) is 0 Å². The maximum absolute atomic E-state index is 5.90. The molecule has 0 saturated carbocycles. The minimum absolute atomic E-state index is 0.741. The molecule has 0 heterocycles. The van der Waals surface area contributed by atoms with Crippen molar-refractivity contribution in [3.8, 4) is 5.75 Å². The van der Waals surface area contributed by atoms with E-state index in [1.165, 1.54) is 0 Å². The third kappa shape index (κ3) is 3.08. The normalized spacial score (nSPS) is 9.86. The van der Waals surface area contributed by atoms with E-state index in [1.807, 2.05) is 24.3 Å². The summed E-state index contributed by atoms with van der Waals surface area (Å²) in [7, 11) is 0. The van der Waals surface area contributed by atoms with Crippen LogP contribution in [0.3, 0.4) is 0 Å². The van der Waals surface area contributed by atoms with Crippen molar-refractivity contribution >= 4 is 11.6 Å². The molecule has 0 amide bonds. The fraction of sp³-hybridized carbons (Fsp3) is 0.333. The zero-order valence-corrected chi connectivity index (χ0v) is 9.18. The van der Waals surface area contributed by atoms with Gasteiger partial charge in [-0.3, -0.25) is 0 Å². The molecule has 0 N–H and O–H groups in total. The summed E-state index contributed by atoms with van der Waals surface area (Å²) in [5.41, 5.74) is 1.10. The van der Waals surface area contributed by atoms with E-state index in [2.05, 4.69) is 13.5 Å². The molecule has 14 heavy (non-hydrogen) atoms. The Morgan fingerprint density at radius 1 is 1.50 bits per heavy atom. The maximum atomic E-state index is 5.90. The summed E-state index contributed by atoms with van der Waals surface area (Å²) in [4.78, 5) is 0. The van der Waals surface area contributed by atoms with Crippen LogP contribution in [0.1, 0.15) is 18.9 Å². The second-order valence-electron chi connectivity index (χ2n) is 3.09. The lowest BCUT2D eigenvalue weighted by molar-refractivity contribution is 0.315. The van der Waals surface area contributed by atoms with Gasteiger partial charge in [-0.25, -0.2) is 0 Å². The Labute approximate surface area is 90.3 Å². The lowest BCUT2D eigenvalue weighted by atomic mass is 10.1. The van der Waals surface area contributed by atoms with E-state index in [1.54, 1.807) is 0 Å². The summed E-state index contributed by atoms with van der Waals surface area (Å²) in [5.74, 6) is 0.913. The third-order valence-corrected chi connectivity index (χ3v) is 2.08. The predicted molar refractivity (Wildman–Crippen MR) is 61.1 cm³/mol. The van der Waals surface area contributed by atoms with Gasteiger partial charge in [-0.2, -0.15) is 0 Å². The van der Waals surface area contributed by atoms with Crippen LogP contribution in [0, 0.1) is 0 Å². The third-order valence-electron chi connectivity index (χ3n) is 1.85. The Kier molecular flexibility index (Phi) is 4.54. The van der Waals surface area contributed by atoms with Crippen molar-refractivity contribution in [3.05, 3.63) is 41.4 Å². The van der Waals surface area contributed by atoms with Crippen LogP contribution in [0.4, 0.5) is 0 Å². The minimum atomic E-state index is 0.741. The highest BCUT2D eigenvalue weighted by Crippen LogP contribution is 2.23. The van der Waals surface area contributed by atoms with Gasteiger partial charge >= 0.3 is 0 Å². The van der Waals surface area contributed by atoms with Crippen molar-refractivity contribution in [1.82, 2.24) is 0 Å². The van der Waals surface area contributed by atoms with E-state index in [0.717, 1.165) is 35.8 Å². The van der Waals surface area contributed by atoms with Crippen LogP contribution >= 0.6 is 11.6 Å². The van der Waals surface area contributed by atoms with Crippen molar-refractivity contribution in [1.29, 1.82) is 0 Å². The van der Waals surface area contributed by atoms with Gasteiger partial charge in [-0.1, -0.05) is 24.6 Å². The monoisotopic (exact) mass is 210 g/mol. The maximum Gasteiger partial charge on any atom is 0.122 e. The van der Waals surface area contributed by atoms with Gasteiger partial charge in [0.05, 0.1) is 6.61 Å². The molecule has 2 heteroatoms. The molecule has 0 fully saturated rings. The summed E-state index contributed by atoms with van der Waals surface area (Å²) in [6.07, 6.45) is 3.65. The number of allylic oxidation sites excluding steroid dienone is 1. The van der Waals surface area contributed by atoms with Crippen LogP contribution < -0.4 is 4.74 Å². The van der Waals surface area contributed by atoms with Crippen molar-refractivity contribution < 1.29 is 4.74 Å². The van der Waals surface area contributed by atoms with Crippen LogP contribution in [0.15, 0.2) is 30.9 Å². The van der Waals surface area contributed by atoms with Gasteiger partial charge in [0.15, 0.2) is 0 Å². The molecule has 0 aromatic heterocycles. The number of benzene rings is 1. The molecule has 0 aliphatic rings. The average Bonchev–Trinajstić information content (AvgIpc) is 2.17. The number of ether oxygens (including phenoxy) is 1. The second-order valence-corrected chi connectivity index (χ2v) is 3.53. The summed E-state index contributed by atoms with van der Waals surface area (Å²) in [6.45, 7) is 6.54. The summed E-state index contributed by atoms with van der Waals surface area (Å²) >= 11 is 5.90. The molecule has 0 radical (unpaired) electrons. The molecule has 1 rings (SSSR count). The zero-order valence-electron chi connectivity index (χ0n) is 8.42. The molecule has 0 unspecified atom stereocenters. The van der Waals surface area contributed by atoms with E-state index in [9.17, 15) is 0 Å². The highest BCUT2D eigenvalue weighted by molar-refractivity contribution is 6.30. The van der Waals surface area contributed by atoms with Crippen molar-refractivity contribution in [2.75, 3.05) is 6.61 Å². The molecule has 1 aromatic rings. The quantitative estimate of drug-likeness (QED) is 0.671. The first-order valence-electron chi connectivity index (χ1n) is 4.80. The van der Waals surface area contributed by atoms with Gasteiger partial charge in [0.2, 0.25) is 0 Å². The number of hydrogen-bond donors (Lipinski definition) is 0. The first kappa shape index (κ1) is 11.1. The van der Waals surface area contributed by atoms with E-state index in [4.69, 9.17) is 16.3 Å². The fourth-order valence-electron chi connectivity index (χ4n) is 1.22. The fourth-order valence-corrected chi connectivity index (χ4v) is 1.41. The van der Waals surface area contributed by atoms with Crippen LogP contribution in [-0.2, 0) is 6.42 Å². The first-order valence-corrected chi connectivity index (χ1v) is 5.17. The Bertz CT molecular complexity index is 307. The standard InChI is InChI=1S/C12H15ClO/c1-3-5-10-9-11(13)6-7-12(10)14-8-4-2/h3,6-7,9H,1,4-5,8H2,2H3. The summed E-state index contributed by atoms with van der Waals surface area (Å²) in [6, 6.07) is 5.68. The number of rotatable bonds is 5. The molecule has 0 aliphatic heterocycles. The topological polar surface area (TPSA) is 9.23 Å². The molecular formula is C12H15ClO. The van der Waals surface area contributed by atoms with E-state index >= 15 is 0 Å². The van der Waals surface area contributed by atoms with Gasteiger partial charge in [-0.05, 0) is 36.6 Å². The SMILES string of the molecule is C=CCc1cc(Cl)ccc1OCCC. The van der Waals surface area contributed by atoms with Gasteiger partial charge in [0, 0.05) is 5.02 Å². The molecule has 1 nitrogen and oxygen atoms in total. The lowest BCUT2D eigenvalue weighted by Crippen LogP contribution is -1.98. The first-order chi connectivity index (χ1) is 6.77. The van der Waals surface area contributed by atoms with Crippen LogP contribution in [-0.4, -0.2) is 6.61 Å². The van der Waals surface area contributed by atoms with Crippen LogP contribution in [0.25, 0.3) is 0 Å². The van der Waals surface area contributed by atoms with Gasteiger partial charge in [-0.15, -0.1) is 6.58 Å². The zero-order chi connectivity index (χ0) is 10.4. The highest BCUT2D eigenvalue weighted by atomic mass is 35.5. The smallest absolute Gasteiger partial charge is 0.122 e. The molecule has 1 aromatic carbocycles. The largest absolute Gasteiger partial charge is 0.493 e. The second kappa shape index (κ2) is 5.71. The summed E-state index contributed by atoms with van der Waals surface area (Å²) in [5, 5.41) is 0.741. The van der Waals surface area contributed by atoms with E-state index < -0.39 is 0 Å². The predicted octanol–water partition coefficient (Wildman–Crippen LogP) is 3.86. The minimum Gasteiger partial charge on any atom is -0.493 e. The van der Waals surface area contributed by atoms with Gasteiger partial charge in [0.1, 0.15) is 5.75 Å². The van der Waals surface area contributed by atoms with Crippen LogP contribution in [0.2, 0.25) is 5.02 Å². The number of halogens is 1.